The average molecular weight is 505 g/mol. The van der Waals surface area contributed by atoms with Gasteiger partial charge in [-0.05, 0) is 25.0 Å². The molecule has 0 aliphatic carbocycles. The van der Waals surface area contributed by atoms with Crippen molar-refractivity contribution >= 4 is 47.2 Å². The topological polar surface area (TPSA) is 30.9 Å². The lowest BCUT2D eigenvalue weighted by Crippen LogP contribution is -2.52. The second kappa shape index (κ2) is 11.1. The molecule has 4 nitrogen and oxygen atoms in total. The highest BCUT2D eigenvalue weighted by atomic mass is 127. The molecule has 1 aromatic rings. The molecule has 148 valence electrons. The number of nitrogens with zero attached hydrogens (tertiary/aromatic N) is 3. The maximum absolute atomic E-state index is 12.1. The molecule has 0 aromatic heterocycles. The smallest absolute Gasteiger partial charge is 0.367 e. The van der Waals surface area contributed by atoms with Crippen LogP contribution in [0.25, 0.3) is 0 Å². The predicted octanol–water partition coefficient (Wildman–Crippen LogP) is 4.39. The molecule has 0 bridgehead atoms. The summed E-state index contributed by atoms with van der Waals surface area (Å²) in [6.45, 7) is 3.70. The largest absolute Gasteiger partial charge is 0.389 e. The van der Waals surface area contributed by atoms with E-state index >= 15 is 0 Å². The highest BCUT2D eigenvalue weighted by Gasteiger charge is 2.26. The Morgan fingerprint density at radius 1 is 1.15 bits per heavy atom. The van der Waals surface area contributed by atoms with Crippen molar-refractivity contribution in [2.75, 3.05) is 44.7 Å². The van der Waals surface area contributed by atoms with Gasteiger partial charge < -0.3 is 15.1 Å². The van der Waals surface area contributed by atoms with Gasteiger partial charge in [-0.2, -0.15) is 13.2 Å². The quantitative estimate of drug-likeness (QED) is 0.279. The average Bonchev–Trinajstić information content (AvgIpc) is 2.58. The fourth-order valence-corrected chi connectivity index (χ4v) is 3.11. The molecule has 0 spiro atoms. The van der Waals surface area contributed by atoms with Gasteiger partial charge in [-0.25, -0.2) is 0 Å². The van der Waals surface area contributed by atoms with Gasteiger partial charge in [0, 0.05) is 46.2 Å². The van der Waals surface area contributed by atoms with E-state index in [1.165, 1.54) is 0 Å². The van der Waals surface area contributed by atoms with E-state index in [9.17, 15) is 13.2 Å². The highest BCUT2D eigenvalue weighted by molar-refractivity contribution is 14.0. The van der Waals surface area contributed by atoms with Crippen molar-refractivity contribution in [3.63, 3.8) is 0 Å². The first-order valence-electron chi connectivity index (χ1n) is 8.42. The van der Waals surface area contributed by atoms with E-state index in [1.54, 1.807) is 7.05 Å². The molecular formula is C17H25ClF3IN4. The van der Waals surface area contributed by atoms with E-state index in [2.05, 4.69) is 20.1 Å². The minimum Gasteiger partial charge on any atom is -0.367 e. The summed E-state index contributed by atoms with van der Waals surface area (Å²) >= 11 is 6.24. The summed E-state index contributed by atoms with van der Waals surface area (Å²) in [5.74, 6) is 0.741. The third kappa shape index (κ3) is 7.38. The van der Waals surface area contributed by atoms with Gasteiger partial charge in [0.2, 0.25) is 0 Å². The standard InChI is InChI=1S/C17H24ClF3N4.HI/c1-22-16(23-9-5-4-8-17(19,20)21)25-12-10-24(11-13-25)15-7-3-2-6-14(15)18;/h2-3,6-7H,4-5,8-13H2,1H3,(H,22,23);1H. The summed E-state index contributed by atoms with van der Waals surface area (Å²) in [7, 11) is 1.69. The zero-order valence-electron chi connectivity index (χ0n) is 14.7. The number of para-hydroxylation sites is 1. The summed E-state index contributed by atoms with van der Waals surface area (Å²) in [5.41, 5.74) is 1.03. The number of guanidine groups is 1. The fraction of sp³-hybridized carbons (Fsp3) is 0.588. The van der Waals surface area contributed by atoms with Crippen molar-refractivity contribution < 1.29 is 13.2 Å². The summed E-state index contributed by atoms with van der Waals surface area (Å²) in [4.78, 5) is 8.59. The lowest BCUT2D eigenvalue weighted by molar-refractivity contribution is -0.135. The molecule has 1 aliphatic rings. The highest BCUT2D eigenvalue weighted by Crippen LogP contribution is 2.26. The zero-order chi connectivity index (χ0) is 18.3. The normalized spacial score (nSPS) is 15.7. The van der Waals surface area contributed by atoms with Crippen molar-refractivity contribution in [1.29, 1.82) is 0 Å². The van der Waals surface area contributed by atoms with Crippen LogP contribution in [0.2, 0.25) is 5.02 Å². The molecule has 26 heavy (non-hydrogen) atoms. The van der Waals surface area contributed by atoms with E-state index in [1.807, 2.05) is 24.3 Å². The number of benzene rings is 1. The summed E-state index contributed by atoms with van der Waals surface area (Å²) in [5, 5.41) is 3.89. The SMILES string of the molecule is CN=C(NCCCCC(F)(F)F)N1CCN(c2ccccc2Cl)CC1.I. The lowest BCUT2D eigenvalue weighted by Gasteiger charge is -2.38. The molecule has 0 amide bonds. The molecule has 9 heteroatoms. The number of piperazine rings is 1. The second-order valence-electron chi connectivity index (χ2n) is 5.97. The first-order valence-corrected chi connectivity index (χ1v) is 8.80. The molecule has 1 fully saturated rings. The van der Waals surface area contributed by atoms with Crippen LogP contribution < -0.4 is 10.2 Å². The van der Waals surface area contributed by atoms with Gasteiger partial charge >= 0.3 is 6.18 Å². The van der Waals surface area contributed by atoms with Crippen LogP contribution in [0, 0.1) is 0 Å². The Labute approximate surface area is 174 Å². The molecule has 1 N–H and O–H groups in total. The van der Waals surface area contributed by atoms with Gasteiger partial charge in [-0.15, -0.1) is 24.0 Å². The third-order valence-electron chi connectivity index (χ3n) is 4.15. The molecule has 2 rings (SSSR count). The molecule has 0 saturated carbocycles. The maximum atomic E-state index is 12.1. The summed E-state index contributed by atoms with van der Waals surface area (Å²) in [6, 6.07) is 7.76. The van der Waals surface area contributed by atoms with Gasteiger partial charge in [-0.1, -0.05) is 23.7 Å². The van der Waals surface area contributed by atoms with Crippen LogP contribution >= 0.6 is 35.6 Å². The Balaban J connectivity index is 0.00000338. The van der Waals surface area contributed by atoms with Crippen molar-refractivity contribution in [1.82, 2.24) is 10.2 Å². The molecule has 1 aliphatic heterocycles. The first-order chi connectivity index (χ1) is 11.9. The van der Waals surface area contributed by atoms with E-state index < -0.39 is 12.6 Å². The Kier molecular flexibility index (Phi) is 9.84. The molecule has 0 unspecified atom stereocenters. The Hall–Kier alpha value is -0.900. The van der Waals surface area contributed by atoms with Crippen molar-refractivity contribution in [2.24, 2.45) is 4.99 Å². The summed E-state index contributed by atoms with van der Waals surface area (Å²) < 4.78 is 36.4. The van der Waals surface area contributed by atoms with Crippen LogP contribution in [0.5, 0.6) is 0 Å². The van der Waals surface area contributed by atoms with E-state index in [-0.39, 0.29) is 30.4 Å². The number of anilines is 1. The van der Waals surface area contributed by atoms with Gasteiger partial charge in [0.15, 0.2) is 5.96 Å². The molecular weight excluding hydrogens is 480 g/mol. The zero-order valence-corrected chi connectivity index (χ0v) is 17.8. The Bertz CT molecular complexity index is 575. The van der Waals surface area contributed by atoms with Crippen LogP contribution in [-0.4, -0.2) is 56.8 Å². The van der Waals surface area contributed by atoms with Crippen molar-refractivity contribution in [3.8, 4) is 0 Å². The minimum atomic E-state index is -4.07. The van der Waals surface area contributed by atoms with Crippen LogP contribution in [0.4, 0.5) is 18.9 Å². The number of unbranched alkanes of at least 4 members (excludes halogenated alkanes) is 1. The predicted molar refractivity (Wildman–Crippen MR) is 112 cm³/mol. The van der Waals surface area contributed by atoms with Gasteiger partial charge in [0.1, 0.15) is 0 Å². The molecule has 1 aromatic carbocycles. The van der Waals surface area contributed by atoms with Crippen molar-refractivity contribution in [3.05, 3.63) is 29.3 Å². The maximum Gasteiger partial charge on any atom is 0.389 e. The van der Waals surface area contributed by atoms with Gasteiger partial charge in [0.25, 0.3) is 0 Å². The number of rotatable bonds is 5. The van der Waals surface area contributed by atoms with Crippen molar-refractivity contribution in [2.45, 2.75) is 25.4 Å². The molecule has 1 saturated heterocycles. The molecule has 0 atom stereocenters. The fourth-order valence-electron chi connectivity index (χ4n) is 2.85. The van der Waals surface area contributed by atoms with Gasteiger partial charge in [-0.3, -0.25) is 4.99 Å². The van der Waals surface area contributed by atoms with E-state index in [0.717, 1.165) is 42.8 Å². The Morgan fingerprint density at radius 3 is 2.38 bits per heavy atom. The monoisotopic (exact) mass is 504 g/mol. The summed E-state index contributed by atoms with van der Waals surface area (Å²) in [6.07, 6.45) is -4.20. The Morgan fingerprint density at radius 2 is 1.81 bits per heavy atom. The van der Waals surface area contributed by atoms with E-state index in [4.69, 9.17) is 11.6 Å². The van der Waals surface area contributed by atoms with E-state index in [0.29, 0.717) is 13.0 Å². The van der Waals surface area contributed by atoms with Crippen LogP contribution in [-0.2, 0) is 0 Å². The van der Waals surface area contributed by atoms with Crippen LogP contribution in [0.15, 0.2) is 29.3 Å². The number of hydrogen-bond donors (Lipinski definition) is 1. The molecule has 0 radical (unpaired) electrons. The molecule has 1 heterocycles. The number of nitrogens with one attached hydrogen (secondary N) is 1. The lowest BCUT2D eigenvalue weighted by atomic mass is 10.2. The van der Waals surface area contributed by atoms with Crippen LogP contribution in [0.3, 0.4) is 0 Å². The second-order valence-corrected chi connectivity index (χ2v) is 6.38. The number of halogens is 5. The number of hydrogen-bond acceptors (Lipinski definition) is 2. The number of aliphatic imine (C=N–C) groups is 1. The number of alkyl halides is 3. The van der Waals surface area contributed by atoms with Gasteiger partial charge in [0.05, 0.1) is 10.7 Å². The first kappa shape index (κ1) is 23.1. The third-order valence-corrected chi connectivity index (χ3v) is 4.47. The minimum absolute atomic E-state index is 0. The van der Waals surface area contributed by atoms with Crippen LogP contribution in [0.1, 0.15) is 19.3 Å².